The van der Waals surface area contributed by atoms with Crippen LogP contribution in [0.2, 0.25) is 0 Å². The fraction of sp³-hybridized carbons (Fsp3) is 0.267. The molecule has 2 aromatic carbocycles. The summed E-state index contributed by atoms with van der Waals surface area (Å²) in [6.07, 6.45) is 2.13. The number of nitrogens with zero attached hydrogens (tertiary/aromatic N) is 4. The molecular formula is C30H28N4O3S5. The van der Waals surface area contributed by atoms with Crippen LogP contribution in [-0.2, 0) is 0 Å². The zero-order chi connectivity index (χ0) is 28.8. The number of fused-ring (bicyclic) bond motifs is 4. The van der Waals surface area contributed by atoms with Crippen LogP contribution >= 0.6 is 58.0 Å². The second kappa shape index (κ2) is 11.8. The van der Waals surface area contributed by atoms with Gasteiger partial charge in [0.15, 0.2) is 10.3 Å². The zero-order valence-corrected chi connectivity index (χ0v) is 27.3. The summed E-state index contributed by atoms with van der Waals surface area (Å²) < 4.78 is 14.8. The van der Waals surface area contributed by atoms with Gasteiger partial charge in [-0.3, -0.25) is 9.98 Å². The molecule has 0 fully saturated rings. The third kappa shape index (κ3) is 4.82. The summed E-state index contributed by atoms with van der Waals surface area (Å²) in [5, 5.41) is 18.4. The molecule has 2 aromatic heterocycles. The average Bonchev–Trinajstić information content (AvgIpc) is 3.84. The van der Waals surface area contributed by atoms with Gasteiger partial charge in [-0.05, 0) is 75.9 Å². The molecule has 12 heteroatoms. The predicted octanol–water partition coefficient (Wildman–Crippen LogP) is 7.31. The minimum Gasteiger partial charge on any atom is -0.495 e. The van der Waals surface area contributed by atoms with Gasteiger partial charge in [-0.25, -0.2) is 0 Å². The van der Waals surface area contributed by atoms with Gasteiger partial charge in [0.1, 0.15) is 11.5 Å². The first-order valence-electron chi connectivity index (χ1n) is 13.4. The van der Waals surface area contributed by atoms with Gasteiger partial charge in [-0.1, -0.05) is 11.8 Å². The number of aliphatic imine (C=N–C) groups is 2. The Bertz CT molecular complexity index is 1690. The number of aliphatic hydroxyl groups is 1. The molecule has 0 saturated heterocycles. The lowest BCUT2D eigenvalue weighted by molar-refractivity contribution is 0.339. The maximum absolute atomic E-state index is 9.66. The highest BCUT2D eigenvalue weighted by Gasteiger charge is 2.34. The molecule has 0 spiro atoms. The molecule has 0 bridgehead atoms. The molecule has 0 amide bonds. The standard InChI is InChI=1S/C15H14N2O2S2.C15H14N2OS3/c1-19-11-7-10(6-9-2-5-20-14(9)11)13-12(8-18)21-15-16-3-4-17(13)15;1-18-11-8-10(7-9-3-6-20-13(9)11)12-14(19-2)21-15-16-4-5-17(12)15/h2,5-7,18H,3-4,8H2,1H3;3,6-8H,4-5H2,1-2H3. The predicted molar refractivity (Wildman–Crippen MR) is 184 cm³/mol. The van der Waals surface area contributed by atoms with Crippen LogP contribution in [0.15, 0.2) is 66.3 Å². The number of methoxy groups -OCH3 is 2. The molecule has 8 rings (SSSR count). The van der Waals surface area contributed by atoms with Gasteiger partial charge in [0.05, 0.1) is 58.9 Å². The lowest BCUT2D eigenvalue weighted by atomic mass is 10.1. The molecule has 0 aliphatic carbocycles. The molecule has 4 aliphatic rings. The molecule has 0 saturated carbocycles. The molecule has 1 N–H and O–H groups in total. The molecule has 4 aromatic rings. The number of ether oxygens (including phenoxy) is 2. The van der Waals surface area contributed by atoms with Crippen molar-refractivity contribution in [3.8, 4) is 11.5 Å². The lowest BCUT2D eigenvalue weighted by Gasteiger charge is -2.18. The molecule has 42 heavy (non-hydrogen) atoms. The number of aliphatic hydroxyl groups excluding tert-OH is 1. The van der Waals surface area contributed by atoms with Crippen molar-refractivity contribution in [2.24, 2.45) is 9.98 Å². The van der Waals surface area contributed by atoms with Gasteiger partial charge in [0.25, 0.3) is 0 Å². The number of thiophene rings is 2. The molecule has 4 aliphatic heterocycles. The van der Waals surface area contributed by atoms with Crippen LogP contribution in [0.3, 0.4) is 0 Å². The van der Waals surface area contributed by atoms with E-state index in [1.165, 1.54) is 31.0 Å². The van der Waals surface area contributed by atoms with Crippen molar-refractivity contribution in [3.63, 3.8) is 0 Å². The minimum atomic E-state index is 0.0412. The largest absolute Gasteiger partial charge is 0.495 e. The fourth-order valence-electron chi connectivity index (χ4n) is 5.50. The first kappa shape index (κ1) is 28.2. The smallest absolute Gasteiger partial charge is 0.169 e. The molecular weight excluding hydrogens is 625 g/mol. The van der Waals surface area contributed by atoms with Gasteiger partial charge < -0.3 is 24.4 Å². The number of hydrogen-bond donors (Lipinski definition) is 1. The van der Waals surface area contributed by atoms with E-state index in [4.69, 9.17) is 9.47 Å². The van der Waals surface area contributed by atoms with Crippen LogP contribution in [0.5, 0.6) is 11.5 Å². The number of thioether (sulfide) groups is 3. The Morgan fingerprint density at radius 1 is 0.810 bits per heavy atom. The summed E-state index contributed by atoms with van der Waals surface area (Å²) in [5.74, 6) is 1.84. The lowest BCUT2D eigenvalue weighted by Crippen LogP contribution is -2.20. The molecule has 0 radical (unpaired) electrons. The van der Waals surface area contributed by atoms with Gasteiger partial charge in [0, 0.05) is 29.1 Å². The normalized spacial score (nSPS) is 17.6. The van der Waals surface area contributed by atoms with E-state index in [-0.39, 0.29) is 6.61 Å². The van der Waals surface area contributed by atoms with Crippen LogP contribution in [-0.4, -0.2) is 78.5 Å². The second-order valence-corrected chi connectivity index (χ2v) is 14.6. The Hall–Kier alpha value is -2.61. The van der Waals surface area contributed by atoms with Crippen molar-refractivity contribution < 1.29 is 14.6 Å². The van der Waals surface area contributed by atoms with Crippen LogP contribution in [0.4, 0.5) is 0 Å². The van der Waals surface area contributed by atoms with E-state index >= 15 is 0 Å². The highest BCUT2D eigenvalue weighted by atomic mass is 32.2. The Morgan fingerprint density at radius 2 is 1.36 bits per heavy atom. The minimum absolute atomic E-state index is 0.0412. The Morgan fingerprint density at radius 3 is 1.90 bits per heavy atom. The molecule has 0 unspecified atom stereocenters. The van der Waals surface area contributed by atoms with E-state index in [1.54, 1.807) is 72.2 Å². The van der Waals surface area contributed by atoms with E-state index in [0.29, 0.717) is 0 Å². The molecule has 7 nitrogen and oxygen atoms in total. The van der Waals surface area contributed by atoms with E-state index in [9.17, 15) is 5.11 Å². The van der Waals surface area contributed by atoms with E-state index in [0.717, 1.165) is 68.9 Å². The van der Waals surface area contributed by atoms with Crippen molar-refractivity contribution in [1.82, 2.24) is 9.80 Å². The van der Waals surface area contributed by atoms with Crippen molar-refractivity contribution in [2.45, 2.75) is 0 Å². The van der Waals surface area contributed by atoms with Crippen LogP contribution in [0.25, 0.3) is 31.6 Å². The third-order valence-electron chi connectivity index (χ3n) is 7.35. The summed E-state index contributed by atoms with van der Waals surface area (Å²) in [7, 11) is 3.44. The highest BCUT2D eigenvalue weighted by Crippen LogP contribution is 2.48. The van der Waals surface area contributed by atoms with Crippen molar-refractivity contribution in [2.75, 3.05) is 53.3 Å². The summed E-state index contributed by atoms with van der Waals surface area (Å²) in [4.78, 5) is 14.6. The van der Waals surface area contributed by atoms with E-state index in [1.807, 2.05) is 0 Å². The summed E-state index contributed by atoms with van der Waals surface area (Å²) in [5.41, 5.74) is 4.67. The maximum Gasteiger partial charge on any atom is 0.169 e. The Labute approximate surface area is 265 Å². The van der Waals surface area contributed by atoms with Gasteiger partial charge in [-0.2, -0.15) is 0 Å². The summed E-state index contributed by atoms with van der Waals surface area (Å²) >= 11 is 8.56. The topological polar surface area (TPSA) is 69.9 Å². The van der Waals surface area contributed by atoms with E-state index < -0.39 is 0 Å². The van der Waals surface area contributed by atoms with Crippen LogP contribution in [0, 0.1) is 0 Å². The molecule has 0 atom stereocenters. The second-order valence-electron chi connectivity index (χ2n) is 9.64. The first-order valence-corrected chi connectivity index (χ1v) is 18.0. The summed E-state index contributed by atoms with van der Waals surface area (Å²) in [6, 6.07) is 12.9. The Kier molecular flexibility index (Phi) is 7.93. The number of rotatable bonds is 6. The van der Waals surface area contributed by atoms with Gasteiger partial charge in [-0.15, -0.1) is 34.4 Å². The Balaban J connectivity index is 0.000000137. The summed E-state index contributed by atoms with van der Waals surface area (Å²) in [6.45, 7) is 3.62. The quantitative estimate of drug-likeness (QED) is 0.233. The zero-order valence-electron chi connectivity index (χ0n) is 23.2. The maximum atomic E-state index is 9.66. The van der Waals surface area contributed by atoms with Crippen molar-refractivity contribution in [1.29, 1.82) is 0 Å². The van der Waals surface area contributed by atoms with Crippen molar-refractivity contribution in [3.05, 3.63) is 67.4 Å². The average molecular weight is 653 g/mol. The highest BCUT2D eigenvalue weighted by molar-refractivity contribution is 8.30. The third-order valence-corrected chi connectivity index (χ3v) is 12.6. The SMILES string of the molecule is COc1cc(C2=C(CO)SC3=NCCN32)cc2ccsc12.COc1cc(C2=C(SC)SC3=NCCN32)cc2ccsc12. The first-order chi connectivity index (χ1) is 20.6. The van der Waals surface area contributed by atoms with Gasteiger partial charge in [0.2, 0.25) is 0 Å². The number of hydrogen-bond acceptors (Lipinski definition) is 12. The van der Waals surface area contributed by atoms with Crippen molar-refractivity contribution >= 4 is 99.9 Å². The fourth-order valence-corrected chi connectivity index (χ4v) is 10.2. The molecule has 6 heterocycles. The van der Waals surface area contributed by atoms with Gasteiger partial charge >= 0.3 is 0 Å². The van der Waals surface area contributed by atoms with E-state index in [2.05, 4.69) is 73.2 Å². The molecule has 216 valence electrons. The monoisotopic (exact) mass is 652 g/mol. The van der Waals surface area contributed by atoms with Crippen LogP contribution < -0.4 is 9.47 Å². The number of amidine groups is 2. The number of benzene rings is 2. The van der Waals surface area contributed by atoms with Crippen LogP contribution in [0.1, 0.15) is 11.1 Å².